The third-order valence-corrected chi connectivity index (χ3v) is 7.72. The van der Waals surface area contributed by atoms with E-state index in [4.69, 9.17) is 16.3 Å². The lowest BCUT2D eigenvalue weighted by Crippen LogP contribution is -2.50. The SMILES string of the molecule is CN(C(=O)CSc1nc2cc(Cl)ccc2c(=O)n1CC1CCCO1)C1(C#N)CCCCC1. The number of nitrogens with zero attached hydrogens (tertiary/aromatic N) is 4. The lowest BCUT2D eigenvalue weighted by molar-refractivity contribution is -0.131. The highest BCUT2D eigenvalue weighted by Gasteiger charge is 2.38. The molecule has 1 atom stereocenters. The van der Waals surface area contributed by atoms with Crippen molar-refractivity contribution in [2.45, 2.75) is 68.3 Å². The van der Waals surface area contributed by atoms with Crippen LogP contribution in [0.4, 0.5) is 0 Å². The molecular formula is C23H27ClN4O3S. The molecule has 9 heteroatoms. The molecule has 2 aliphatic rings. The normalized spacial score (nSPS) is 20.2. The first kappa shape index (κ1) is 23.1. The molecule has 1 aromatic carbocycles. The zero-order valence-corrected chi connectivity index (χ0v) is 19.8. The summed E-state index contributed by atoms with van der Waals surface area (Å²) in [7, 11) is 1.71. The Balaban J connectivity index is 1.60. The largest absolute Gasteiger partial charge is 0.376 e. The number of ether oxygens (including phenoxy) is 1. The van der Waals surface area contributed by atoms with Gasteiger partial charge < -0.3 is 9.64 Å². The Kier molecular flexibility index (Phi) is 7.08. The Hall–Kier alpha value is -2.08. The Bertz CT molecular complexity index is 1100. The number of fused-ring (bicyclic) bond motifs is 1. The summed E-state index contributed by atoms with van der Waals surface area (Å²) in [5.74, 6) is -0.0354. The number of rotatable bonds is 6. The van der Waals surface area contributed by atoms with E-state index in [2.05, 4.69) is 11.1 Å². The number of amides is 1. The minimum atomic E-state index is -0.739. The van der Waals surface area contributed by atoms with Crippen LogP contribution in [0.5, 0.6) is 0 Å². The minimum Gasteiger partial charge on any atom is -0.376 e. The molecule has 170 valence electrons. The molecule has 2 fully saturated rings. The van der Waals surface area contributed by atoms with Gasteiger partial charge in [0.05, 0.1) is 35.4 Å². The number of thioether (sulfide) groups is 1. The first-order valence-electron chi connectivity index (χ1n) is 11.1. The van der Waals surface area contributed by atoms with E-state index < -0.39 is 5.54 Å². The molecule has 4 rings (SSSR count). The topological polar surface area (TPSA) is 88.2 Å². The summed E-state index contributed by atoms with van der Waals surface area (Å²) in [6.45, 7) is 1.09. The standard InChI is InChI=1S/C23H27ClN4O3S/c1-27(23(15-25)9-3-2-4-10-23)20(29)14-32-22-26-19-12-16(24)7-8-18(19)21(30)28(22)13-17-6-5-11-31-17/h7-8,12,17H,2-6,9-11,13-14H2,1H3. The van der Waals surface area contributed by atoms with Gasteiger partial charge >= 0.3 is 0 Å². The summed E-state index contributed by atoms with van der Waals surface area (Å²) in [5.41, 5.74) is -0.390. The molecular weight excluding hydrogens is 448 g/mol. The van der Waals surface area contributed by atoms with Crippen LogP contribution in [0.3, 0.4) is 0 Å². The van der Waals surface area contributed by atoms with Gasteiger partial charge in [-0.25, -0.2) is 4.98 Å². The second-order valence-corrected chi connectivity index (χ2v) is 9.93. The summed E-state index contributed by atoms with van der Waals surface area (Å²) in [6, 6.07) is 7.42. The van der Waals surface area contributed by atoms with Gasteiger partial charge in [-0.3, -0.25) is 14.2 Å². The smallest absolute Gasteiger partial charge is 0.262 e. The van der Waals surface area contributed by atoms with Crippen molar-refractivity contribution in [1.29, 1.82) is 5.26 Å². The maximum absolute atomic E-state index is 13.2. The molecule has 2 aromatic rings. The van der Waals surface area contributed by atoms with Crippen molar-refractivity contribution in [3.8, 4) is 6.07 Å². The lowest BCUT2D eigenvalue weighted by Gasteiger charge is -2.39. The summed E-state index contributed by atoms with van der Waals surface area (Å²) >= 11 is 7.35. The fourth-order valence-corrected chi connectivity index (χ4v) is 5.65. The highest BCUT2D eigenvalue weighted by Crippen LogP contribution is 2.33. The van der Waals surface area contributed by atoms with Gasteiger partial charge in [0, 0.05) is 18.7 Å². The van der Waals surface area contributed by atoms with Gasteiger partial charge in [-0.15, -0.1) is 0 Å². The maximum Gasteiger partial charge on any atom is 0.262 e. The Morgan fingerprint density at radius 1 is 1.38 bits per heavy atom. The molecule has 0 bridgehead atoms. The van der Waals surface area contributed by atoms with Crippen LogP contribution in [0.25, 0.3) is 10.9 Å². The van der Waals surface area contributed by atoms with E-state index in [0.29, 0.717) is 47.1 Å². The van der Waals surface area contributed by atoms with E-state index in [1.54, 1.807) is 34.7 Å². The molecule has 1 aliphatic carbocycles. The minimum absolute atomic E-state index is 0.0407. The zero-order chi connectivity index (χ0) is 22.7. The van der Waals surface area contributed by atoms with Crippen molar-refractivity contribution >= 4 is 40.2 Å². The number of hydrogen-bond donors (Lipinski definition) is 0. The number of carbonyl (C=O) groups is 1. The van der Waals surface area contributed by atoms with Crippen LogP contribution in [0.2, 0.25) is 5.02 Å². The average molecular weight is 475 g/mol. The van der Waals surface area contributed by atoms with Crippen LogP contribution in [0.1, 0.15) is 44.9 Å². The van der Waals surface area contributed by atoms with Crippen molar-refractivity contribution in [2.75, 3.05) is 19.4 Å². The lowest BCUT2D eigenvalue weighted by atomic mass is 9.81. The molecule has 1 unspecified atom stereocenters. The van der Waals surface area contributed by atoms with E-state index in [9.17, 15) is 14.9 Å². The number of carbonyl (C=O) groups excluding carboxylic acids is 1. The van der Waals surface area contributed by atoms with Gasteiger partial charge in [0.1, 0.15) is 5.54 Å². The molecule has 32 heavy (non-hydrogen) atoms. The molecule has 0 radical (unpaired) electrons. The van der Waals surface area contributed by atoms with Gasteiger partial charge in [-0.1, -0.05) is 42.6 Å². The van der Waals surface area contributed by atoms with Crippen LogP contribution in [-0.2, 0) is 16.1 Å². The van der Waals surface area contributed by atoms with Crippen LogP contribution < -0.4 is 5.56 Å². The van der Waals surface area contributed by atoms with Crippen molar-refractivity contribution in [3.05, 3.63) is 33.6 Å². The van der Waals surface area contributed by atoms with Crippen LogP contribution >= 0.6 is 23.4 Å². The van der Waals surface area contributed by atoms with Gasteiger partial charge in [-0.2, -0.15) is 5.26 Å². The molecule has 1 amide bonds. The van der Waals surface area contributed by atoms with Gasteiger partial charge in [0.25, 0.3) is 5.56 Å². The van der Waals surface area contributed by atoms with E-state index in [0.717, 1.165) is 32.1 Å². The van der Waals surface area contributed by atoms with Gasteiger partial charge in [0.15, 0.2) is 5.16 Å². The van der Waals surface area contributed by atoms with Crippen molar-refractivity contribution < 1.29 is 9.53 Å². The zero-order valence-electron chi connectivity index (χ0n) is 18.2. The Labute approximate surface area is 196 Å². The van der Waals surface area contributed by atoms with Crippen LogP contribution in [0.15, 0.2) is 28.2 Å². The number of benzene rings is 1. The van der Waals surface area contributed by atoms with Crippen molar-refractivity contribution in [2.24, 2.45) is 0 Å². The fourth-order valence-electron chi connectivity index (χ4n) is 4.56. The first-order valence-corrected chi connectivity index (χ1v) is 12.4. The van der Waals surface area contributed by atoms with E-state index in [1.165, 1.54) is 11.8 Å². The third kappa shape index (κ3) is 4.66. The Morgan fingerprint density at radius 3 is 2.84 bits per heavy atom. The molecule has 1 saturated carbocycles. The highest BCUT2D eigenvalue weighted by molar-refractivity contribution is 7.99. The predicted molar refractivity (Wildman–Crippen MR) is 125 cm³/mol. The van der Waals surface area contributed by atoms with Crippen LogP contribution in [-0.4, -0.2) is 51.4 Å². The van der Waals surface area contributed by atoms with E-state index in [1.807, 2.05) is 0 Å². The monoisotopic (exact) mass is 474 g/mol. The Morgan fingerprint density at radius 2 is 2.16 bits per heavy atom. The highest BCUT2D eigenvalue weighted by atomic mass is 35.5. The van der Waals surface area contributed by atoms with Gasteiger partial charge in [-0.05, 0) is 43.9 Å². The maximum atomic E-state index is 13.2. The number of nitriles is 1. The second-order valence-electron chi connectivity index (χ2n) is 8.55. The molecule has 1 saturated heterocycles. The van der Waals surface area contributed by atoms with Crippen LogP contribution in [0, 0.1) is 11.3 Å². The quantitative estimate of drug-likeness (QED) is 0.464. The average Bonchev–Trinajstić information content (AvgIpc) is 3.32. The molecule has 1 aromatic heterocycles. The summed E-state index contributed by atoms with van der Waals surface area (Å²) in [5, 5.41) is 11.3. The van der Waals surface area contributed by atoms with E-state index in [-0.39, 0.29) is 23.3 Å². The van der Waals surface area contributed by atoms with Gasteiger partial charge in [0.2, 0.25) is 5.91 Å². The third-order valence-electron chi connectivity index (χ3n) is 6.52. The van der Waals surface area contributed by atoms with Crippen molar-refractivity contribution in [1.82, 2.24) is 14.5 Å². The number of aromatic nitrogens is 2. The number of halogens is 1. The first-order chi connectivity index (χ1) is 15.4. The molecule has 0 N–H and O–H groups in total. The fraction of sp³-hybridized carbons (Fsp3) is 0.565. The molecule has 7 nitrogen and oxygen atoms in total. The van der Waals surface area contributed by atoms with E-state index >= 15 is 0 Å². The molecule has 1 aliphatic heterocycles. The summed E-state index contributed by atoms with van der Waals surface area (Å²) in [6.07, 6.45) is 6.22. The molecule has 2 heterocycles. The predicted octanol–water partition coefficient (Wildman–Crippen LogP) is 4.01. The molecule has 0 spiro atoms. The summed E-state index contributed by atoms with van der Waals surface area (Å²) in [4.78, 5) is 32.5. The number of hydrogen-bond acceptors (Lipinski definition) is 6. The summed E-state index contributed by atoms with van der Waals surface area (Å²) < 4.78 is 7.36. The van der Waals surface area contributed by atoms with Crippen molar-refractivity contribution in [3.63, 3.8) is 0 Å². The second kappa shape index (κ2) is 9.82.